The van der Waals surface area contributed by atoms with Gasteiger partial charge in [0.05, 0.1) is 17.1 Å². The van der Waals surface area contributed by atoms with Gasteiger partial charge in [-0.05, 0) is 25.3 Å². The Hall–Kier alpha value is -1.16. The van der Waals surface area contributed by atoms with Gasteiger partial charge >= 0.3 is 0 Å². The Bertz CT molecular complexity index is 423. The first kappa shape index (κ1) is 14.9. The first-order valence-corrected chi connectivity index (χ1v) is 6.54. The van der Waals surface area contributed by atoms with E-state index in [2.05, 4.69) is 19.2 Å². The van der Waals surface area contributed by atoms with Crippen molar-refractivity contribution in [2.75, 3.05) is 16.8 Å². The zero-order chi connectivity index (χ0) is 13.9. The van der Waals surface area contributed by atoms with Crippen LogP contribution in [0.1, 0.15) is 33.6 Å². The van der Waals surface area contributed by atoms with Crippen LogP contribution in [-0.2, 0) is 0 Å². The zero-order valence-corrected chi connectivity index (χ0v) is 11.8. The minimum absolute atomic E-state index is 0.0811. The number of hydrogen-bond acceptors (Lipinski definition) is 3. The maximum atomic E-state index is 13.9. The lowest BCUT2D eigenvalue weighted by Crippen LogP contribution is -2.20. The fraction of sp³-hybridized carbons (Fsp3) is 0.538. The molecule has 1 aromatic carbocycles. The van der Waals surface area contributed by atoms with E-state index in [0.29, 0.717) is 5.92 Å². The van der Waals surface area contributed by atoms with E-state index in [1.54, 1.807) is 0 Å². The number of benzene rings is 1. The van der Waals surface area contributed by atoms with Gasteiger partial charge in [0.1, 0.15) is 5.02 Å². The maximum absolute atomic E-state index is 13.9. The first-order chi connectivity index (χ1) is 8.36. The predicted octanol–water partition coefficient (Wildman–Crippen LogP) is 3.88. The summed E-state index contributed by atoms with van der Waals surface area (Å²) in [6.45, 7) is 6.29. The van der Waals surface area contributed by atoms with Gasteiger partial charge in [0, 0.05) is 6.04 Å². The van der Waals surface area contributed by atoms with E-state index in [9.17, 15) is 4.39 Å². The molecule has 5 heteroatoms. The lowest BCUT2D eigenvalue weighted by atomic mass is 10.00. The molecule has 0 saturated heterocycles. The quantitative estimate of drug-likeness (QED) is 0.714. The average Bonchev–Trinajstić information content (AvgIpc) is 2.31. The second-order valence-corrected chi connectivity index (χ2v) is 5.23. The molecule has 0 aliphatic heterocycles. The van der Waals surface area contributed by atoms with Crippen LogP contribution in [0.5, 0.6) is 0 Å². The highest BCUT2D eigenvalue weighted by Crippen LogP contribution is 2.34. The Morgan fingerprint density at radius 2 is 1.94 bits per heavy atom. The van der Waals surface area contributed by atoms with Crippen LogP contribution in [0, 0.1) is 11.7 Å². The van der Waals surface area contributed by atoms with Crippen molar-refractivity contribution in [1.82, 2.24) is 0 Å². The third kappa shape index (κ3) is 3.42. The van der Waals surface area contributed by atoms with Crippen molar-refractivity contribution < 1.29 is 4.39 Å². The molecule has 0 fully saturated rings. The Kier molecular flexibility index (Phi) is 5.08. The first-order valence-electron chi connectivity index (χ1n) is 6.16. The highest BCUT2D eigenvalue weighted by molar-refractivity contribution is 6.33. The fourth-order valence-corrected chi connectivity index (χ4v) is 2.04. The molecule has 2 unspecified atom stereocenters. The lowest BCUT2D eigenvalue weighted by molar-refractivity contribution is 0.482. The molecule has 3 nitrogen and oxygen atoms in total. The molecule has 18 heavy (non-hydrogen) atoms. The van der Waals surface area contributed by atoms with E-state index in [4.69, 9.17) is 23.1 Å². The van der Waals surface area contributed by atoms with Crippen molar-refractivity contribution in [1.29, 1.82) is 0 Å². The van der Waals surface area contributed by atoms with Gasteiger partial charge in [-0.1, -0.05) is 31.9 Å². The van der Waals surface area contributed by atoms with E-state index in [0.717, 1.165) is 12.8 Å². The van der Waals surface area contributed by atoms with Gasteiger partial charge in [-0.15, -0.1) is 0 Å². The molecule has 0 aliphatic rings. The SMILES string of the molecule is CCC(C)CC(C)Nc1c(N)cc(N)c(Cl)c1F. The Balaban J connectivity index is 2.88. The van der Waals surface area contributed by atoms with Crippen LogP contribution >= 0.6 is 11.6 Å². The molecule has 102 valence electrons. The van der Waals surface area contributed by atoms with Crippen molar-refractivity contribution in [2.24, 2.45) is 5.92 Å². The summed E-state index contributed by atoms with van der Waals surface area (Å²) in [6.07, 6.45) is 2.03. The van der Waals surface area contributed by atoms with Crippen LogP contribution in [0.3, 0.4) is 0 Å². The molecule has 0 radical (unpaired) electrons. The molecule has 5 N–H and O–H groups in total. The molecule has 1 rings (SSSR count). The van der Waals surface area contributed by atoms with Gasteiger partial charge in [0.25, 0.3) is 0 Å². The van der Waals surface area contributed by atoms with Crippen LogP contribution in [0.25, 0.3) is 0 Å². The van der Waals surface area contributed by atoms with E-state index < -0.39 is 5.82 Å². The molecular formula is C13H21ClFN3. The van der Waals surface area contributed by atoms with Crippen molar-refractivity contribution >= 4 is 28.7 Å². The Morgan fingerprint density at radius 3 is 2.50 bits per heavy atom. The molecule has 0 aliphatic carbocycles. The summed E-state index contributed by atoms with van der Waals surface area (Å²) >= 11 is 5.78. The maximum Gasteiger partial charge on any atom is 0.169 e. The second kappa shape index (κ2) is 6.14. The number of halogens is 2. The van der Waals surface area contributed by atoms with Crippen LogP contribution in [0.15, 0.2) is 6.07 Å². The largest absolute Gasteiger partial charge is 0.397 e. The van der Waals surface area contributed by atoms with Gasteiger partial charge in [0.15, 0.2) is 5.82 Å². The standard InChI is InChI=1S/C13H21ClFN3/c1-4-7(2)5-8(3)18-13-10(17)6-9(16)11(14)12(13)15/h6-8,18H,4-5,16-17H2,1-3H3. The highest BCUT2D eigenvalue weighted by Gasteiger charge is 2.16. The number of rotatable bonds is 5. The molecule has 0 spiro atoms. The number of nitrogens with one attached hydrogen (secondary N) is 1. The molecule has 0 aromatic heterocycles. The summed E-state index contributed by atoms with van der Waals surface area (Å²) in [7, 11) is 0. The van der Waals surface area contributed by atoms with Crippen molar-refractivity contribution in [3.8, 4) is 0 Å². The smallest absolute Gasteiger partial charge is 0.169 e. The van der Waals surface area contributed by atoms with E-state index in [1.807, 2.05) is 6.92 Å². The minimum atomic E-state index is -0.579. The summed E-state index contributed by atoms with van der Waals surface area (Å²) in [4.78, 5) is 0. The Labute approximate surface area is 113 Å². The minimum Gasteiger partial charge on any atom is -0.397 e. The molecule has 0 bridgehead atoms. The van der Waals surface area contributed by atoms with E-state index in [-0.39, 0.29) is 28.1 Å². The van der Waals surface area contributed by atoms with Crippen LogP contribution in [0.2, 0.25) is 5.02 Å². The number of anilines is 3. The van der Waals surface area contributed by atoms with E-state index >= 15 is 0 Å². The molecule has 1 aromatic rings. The van der Waals surface area contributed by atoms with Gasteiger partial charge in [-0.3, -0.25) is 0 Å². The zero-order valence-electron chi connectivity index (χ0n) is 11.1. The third-order valence-electron chi connectivity index (χ3n) is 3.11. The Morgan fingerprint density at radius 1 is 1.33 bits per heavy atom. The molecule has 0 saturated carbocycles. The van der Waals surface area contributed by atoms with Crippen LogP contribution < -0.4 is 16.8 Å². The highest BCUT2D eigenvalue weighted by atomic mass is 35.5. The van der Waals surface area contributed by atoms with Crippen molar-refractivity contribution in [3.05, 3.63) is 16.9 Å². The summed E-state index contributed by atoms with van der Waals surface area (Å²) < 4.78 is 13.9. The van der Waals surface area contributed by atoms with Gasteiger partial charge in [-0.2, -0.15) is 0 Å². The molecule has 2 atom stereocenters. The normalized spacial score (nSPS) is 14.3. The molecule has 0 heterocycles. The van der Waals surface area contributed by atoms with Crippen LogP contribution in [0.4, 0.5) is 21.5 Å². The van der Waals surface area contributed by atoms with Gasteiger partial charge in [0.2, 0.25) is 0 Å². The lowest BCUT2D eigenvalue weighted by Gasteiger charge is -2.21. The number of hydrogen-bond donors (Lipinski definition) is 3. The second-order valence-electron chi connectivity index (χ2n) is 4.85. The summed E-state index contributed by atoms with van der Waals surface area (Å²) in [5, 5.41) is 2.99. The fourth-order valence-electron chi connectivity index (χ4n) is 1.89. The predicted molar refractivity (Wildman–Crippen MR) is 77.4 cm³/mol. The van der Waals surface area contributed by atoms with E-state index in [1.165, 1.54) is 6.07 Å². The van der Waals surface area contributed by atoms with Gasteiger partial charge in [-0.25, -0.2) is 4.39 Å². The van der Waals surface area contributed by atoms with Gasteiger partial charge < -0.3 is 16.8 Å². The third-order valence-corrected chi connectivity index (χ3v) is 3.49. The summed E-state index contributed by atoms with van der Waals surface area (Å²) in [5.41, 5.74) is 12.0. The van der Waals surface area contributed by atoms with Crippen LogP contribution in [-0.4, -0.2) is 6.04 Å². The summed E-state index contributed by atoms with van der Waals surface area (Å²) in [6, 6.07) is 1.60. The molecule has 0 amide bonds. The molecular weight excluding hydrogens is 253 g/mol. The topological polar surface area (TPSA) is 64.1 Å². The monoisotopic (exact) mass is 273 g/mol. The summed E-state index contributed by atoms with van der Waals surface area (Å²) in [5.74, 6) is -0.00814. The number of nitrogens with two attached hydrogens (primary N) is 2. The average molecular weight is 274 g/mol. The van der Waals surface area contributed by atoms with Crippen molar-refractivity contribution in [3.63, 3.8) is 0 Å². The van der Waals surface area contributed by atoms with Crippen molar-refractivity contribution in [2.45, 2.75) is 39.7 Å². The number of nitrogen functional groups attached to an aromatic ring is 2.